The molecule has 11 heavy (non-hydrogen) atoms. The minimum atomic E-state index is -0.744. The Balaban J connectivity index is 3.43. The fourth-order valence-corrected chi connectivity index (χ4v) is 0.716. The molecule has 0 aromatic rings. The van der Waals surface area contributed by atoms with Crippen molar-refractivity contribution in [3.8, 4) is 0 Å². The molecule has 0 rings (SSSR count). The van der Waals surface area contributed by atoms with E-state index >= 15 is 0 Å². The fourth-order valence-electron chi connectivity index (χ4n) is 0.716. The second-order valence-corrected chi connectivity index (χ2v) is 2.88. The summed E-state index contributed by atoms with van der Waals surface area (Å²) in [5, 5.41) is 9.57. The molecule has 0 heterocycles. The van der Waals surface area contributed by atoms with Crippen LogP contribution in [-0.2, 0) is 9.47 Å². The molecule has 0 amide bonds. The third kappa shape index (κ3) is 6.28. The molecule has 0 aliphatic rings. The molecule has 1 N–H and O–H groups in total. The van der Waals surface area contributed by atoms with E-state index in [9.17, 15) is 5.11 Å². The standard InChI is InChI=1S/C8H18O3/c1-4-11-7-8(2,9)5-6-10-3/h9H,4-7H2,1-3H3. The molecule has 1 unspecified atom stereocenters. The lowest BCUT2D eigenvalue weighted by atomic mass is 10.1. The highest BCUT2D eigenvalue weighted by molar-refractivity contribution is 4.70. The molecule has 0 saturated heterocycles. The van der Waals surface area contributed by atoms with Gasteiger partial charge in [0.05, 0.1) is 12.2 Å². The molecule has 68 valence electrons. The van der Waals surface area contributed by atoms with Crippen LogP contribution in [0, 0.1) is 0 Å². The van der Waals surface area contributed by atoms with Gasteiger partial charge in [-0.15, -0.1) is 0 Å². The Bertz CT molecular complexity index is 81.3. The first-order valence-electron chi connectivity index (χ1n) is 3.91. The fraction of sp³-hybridized carbons (Fsp3) is 1.00. The third-order valence-electron chi connectivity index (χ3n) is 1.46. The molecule has 0 saturated carbocycles. The number of hydrogen-bond donors (Lipinski definition) is 1. The summed E-state index contributed by atoms with van der Waals surface area (Å²) in [6.45, 7) is 5.25. The SMILES string of the molecule is CCOCC(C)(O)CCOC. The number of ether oxygens (including phenoxy) is 2. The molecular formula is C8H18O3. The Morgan fingerprint density at radius 3 is 2.55 bits per heavy atom. The van der Waals surface area contributed by atoms with Crippen molar-refractivity contribution in [2.24, 2.45) is 0 Å². The first-order valence-corrected chi connectivity index (χ1v) is 3.91. The normalized spacial score (nSPS) is 16.4. The van der Waals surface area contributed by atoms with Crippen LogP contribution in [0.25, 0.3) is 0 Å². The van der Waals surface area contributed by atoms with Crippen LogP contribution in [0.5, 0.6) is 0 Å². The molecule has 3 nitrogen and oxygen atoms in total. The second-order valence-electron chi connectivity index (χ2n) is 2.88. The predicted octanol–water partition coefficient (Wildman–Crippen LogP) is 0.810. The van der Waals surface area contributed by atoms with Gasteiger partial charge in [-0.05, 0) is 13.8 Å². The highest BCUT2D eigenvalue weighted by atomic mass is 16.5. The minimum absolute atomic E-state index is 0.382. The van der Waals surface area contributed by atoms with Crippen LogP contribution >= 0.6 is 0 Å². The molecule has 1 atom stereocenters. The van der Waals surface area contributed by atoms with E-state index in [0.717, 1.165) is 0 Å². The van der Waals surface area contributed by atoms with Crippen molar-refractivity contribution in [1.29, 1.82) is 0 Å². The van der Waals surface area contributed by atoms with Crippen molar-refractivity contribution in [2.45, 2.75) is 25.9 Å². The average Bonchev–Trinajstić information content (AvgIpc) is 1.97. The van der Waals surface area contributed by atoms with Crippen LogP contribution in [0.15, 0.2) is 0 Å². The van der Waals surface area contributed by atoms with Gasteiger partial charge in [-0.2, -0.15) is 0 Å². The largest absolute Gasteiger partial charge is 0.388 e. The van der Waals surface area contributed by atoms with Crippen LogP contribution in [0.1, 0.15) is 20.3 Å². The zero-order chi connectivity index (χ0) is 8.74. The molecular weight excluding hydrogens is 144 g/mol. The summed E-state index contributed by atoms with van der Waals surface area (Å²) >= 11 is 0. The molecule has 0 bridgehead atoms. The zero-order valence-corrected chi connectivity index (χ0v) is 7.59. The number of rotatable bonds is 6. The molecule has 0 radical (unpaired) electrons. The summed E-state index contributed by atoms with van der Waals surface area (Å²) in [6.07, 6.45) is 0.615. The van der Waals surface area contributed by atoms with E-state index < -0.39 is 5.60 Å². The smallest absolute Gasteiger partial charge is 0.0874 e. The maximum absolute atomic E-state index is 9.57. The second kappa shape index (κ2) is 5.52. The van der Waals surface area contributed by atoms with Crippen LogP contribution in [-0.4, -0.2) is 37.6 Å². The van der Waals surface area contributed by atoms with Gasteiger partial charge >= 0.3 is 0 Å². The zero-order valence-electron chi connectivity index (χ0n) is 7.59. The maximum atomic E-state index is 9.57. The van der Waals surface area contributed by atoms with Crippen molar-refractivity contribution >= 4 is 0 Å². The van der Waals surface area contributed by atoms with E-state index in [1.165, 1.54) is 0 Å². The van der Waals surface area contributed by atoms with E-state index in [0.29, 0.717) is 26.2 Å². The van der Waals surface area contributed by atoms with E-state index in [2.05, 4.69) is 0 Å². The molecule has 0 aromatic heterocycles. The van der Waals surface area contributed by atoms with Crippen molar-refractivity contribution in [3.63, 3.8) is 0 Å². The molecule has 0 aliphatic heterocycles. The Morgan fingerprint density at radius 2 is 2.09 bits per heavy atom. The summed E-state index contributed by atoms with van der Waals surface area (Å²) < 4.78 is 9.93. The molecule has 0 aliphatic carbocycles. The Morgan fingerprint density at radius 1 is 1.45 bits per heavy atom. The lowest BCUT2D eigenvalue weighted by molar-refractivity contribution is -0.0469. The van der Waals surface area contributed by atoms with Gasteiger partial charge < -0.3 is 14.6 Å². The van der Waals surface area contributed by atoms with Gasteiger partial charge in [0.2, 0.25) is 0 Å². The summed E-state index contributed by atoms with van der Waals surface area (Å²) in [7, 11) is 1.62. The lowest BCUT2D eigenvalue weighted by Crippen LogP contribution is -2.32. The summed E-state index contributed by atoms with van der Waals surface area (Å²) in [5.74, 6) is 0. The van der Waals surface area contributed by atoms with Gasteiger partial charge in [-0.25, -0.2) is 0 Å². The molecule has 0 fully saturated rings. The Labute approximate surface area is 68.3 Å². The van der Waals surface area contributed by atoms with Crippen LogP contribution < -0.4 is 0 Å². The summed E-state index contributed by atoms with van der Waals surface area (Å²) in [6, 6.07) is 0. The van der Waals surface area contributed by atoms with E-state index in [1.807, 2.05) is 6.92 Å². The van der Waals surface area contributed by atoms with Gasteiger partial charge in [0.15, 0.2) is 0 Å². The summed E-state index contributed by atoms with van der Waals surface area (Å²) in [4.78, 5) is 0. The maximum Gasteiger partial charge on any atom is 0.0874 e. The lowest BCUT2D eigenvalue weighted by Gasteiger charge is -2.21. The van der Waals surface area contributed by atoms with Gasteiger partial charge in [0, 0.05) is 26.7 Å². The number of methoxy groups -OCH3 is 1. The van der Waals surface area contributed by atoms with Crippen LogP contribution in [0.4, 0.5) is 0 Å². The van der Waals surface area contributed by atoms with Gasteiger partial charge in [-0.1, -0.05) is 0 Å². The highest BCUT2D eigenvalue weighted by Gasteiger charge is 2.19. The third-order valence-corrected chi connectivity index (χ3v) is 1.46. The van der Waals surface area contributed by atoms with E-state index in [-0.39, 0.29) is 0 Å². The van der Waals surface area contributed by atoms with Gasteiger partial charge in [-0.3, -0.25) is 0 Å². The predicted molar refractivity (Wildman–Crippen MR) is 43.6 cm³/mol. The van der Waals surface area contributed by atoms with Crippen molar-refractivity contribution in [2.75, 3.05) is 26.9 Å². The topological polar surface area (TPSA) is 38.7 Å². The Hall–Kier alpha value is -0.120. The molecule has 0 aromatic carbocycles. The minimum Gasteiger partial charge on any atom is -0.388 e. The van der Waals surface area contributed by atoms with Gasteiger partial charge in [0.25, 0.3) is 0 Å². The summed E-state index contributed by atoms with van der Waals surface area (Å²) in [5.41, 5.74) is -0.744. The molecule has 0 spiro atoms. The average molecular weight is 162 g/mol. The molecule has 3 heteroatoms. The van der Waals surface area contributed by atoms with E-state index in [4.69, 9.17) is 9.47 Å². The first-order chi connectivity index (χ1) is 5.12. The number of hydrogen-bond acceptors (Lipinski definition) is 3. The van der Waals surface area contributed by atoms with Gasteiger partial charge in [0.1, 0.15) is 0 Å². The number of aliphatic hydroxyl groups is 1. The monoisotopic (exact) mass is 162 g/mol. The van der Waals surface area contributed by atoms with Crippen LogP contribution in [0.2, 0.25) is 0 Å². The highest BCUT2D eigenvalue weighted by Crippen LogP contribution is 2.09. The van der Waals surface area contributed by atoms with Crippen molar-refractivity contribution in [1.82, 2.24) is 0 Å². The Kier molecular flexibility index (Phi) is 5.46. The van der Waals surface area contributed by atoms with Crippen molar-refractivity contribution < 1.29 is 14.6 Å². The van der Waals surface area contributed by atoms with Crippen molar-refractivity contribution in [3.05, 3.63) is 0 Å². The van der Waals surface area contributed by atoms with E-state index in [1.54, 1.807) is 14.0 Å². The first kappa shape index (κ1) is 10.9. The quantitative estimate of drug-likeness (QED) is 0.628. The van der Waals surface area contributed by atoms with Crippen LogP contribution in [0.3, 0.4) is 0 Å².